The SMILES string of the molecule is CCN(Cc1ccccc1)C(=O)c1ccc(NC2CCS(=O)(=O)C2)nc1. The van der Waals surface area contributed by atoms with Crippen LogP contribution in [0.4, 0.5) is 5.82 Å². The molecule has 2 heterocycles. The number of pyridine rings is 1. The molecule has 1 aliphatic heterocycles. The summed E-state index contributed by atoms with van der Waals surface area (Å²) >= 11 is 0. The first kappa shape index (κ1) is 18.4. The van der Waals surface area contributed by atoms with Crippen molar-refractivity contribution < 1.29 is 13.2 Å². The highest BCUT2D eigenvalue weighted by molar-refractivity contribution is 7.91. The van der Waals surface area contributed by atoms with Gasteiger partial charge in [-0.15, -0.1) is 0 Å². The number of carbonyl (C=O) groups excluding carboxylic acids is 1. The number of hydrogen-bond donors (Lipinski definition) is 1. The topological polar surface area (TPSA) is 79.4 Å². The van der Waals surface area contributed by atoms with Gasteiger partial charge in [-0.05, 0) is 31.0 Å². The van der Waals surface area contributed by atoms with Crippen molar-refractivity contribution in [3.8, 4) is 0 Å². The van der Waals surface area contributed by atoms with E-state index in [9.17, 15) is 13.2 Å². The maximum absolute atomic E-state index is 12.7. The third-order valence-electron chi connectivity index (χ3n) is 4.48. The Kier molecular flexibility index (Phi) is 5.56. The second-order valence-corrected chi connectivity index (χ2v) is 8.71. The molecule has 7 heteroatoms. The van der Waals surface area contributed by atoms with E-state index < -0.39 is 9.84 Å². The van der Waals surface area contributed by atoms with Gasteiger partial charge < -0.3 is 10.2 Å². The summed E-state index contributed by atoms with van der Waals surface area (Å²) in [5.74, 6) is 0.871. The maximum Gasteiger partial charge on any atom is 0.255 e. The van der Waals surface area contributed by atoms with Crippen molar-refractivity contribution >= 4 is 21.6 Å². The van der Waals surface area contributed by atoms with Crippen LogP contribution in [0.5, 0.6) is 0 Å². The maximum atomic E-state index is 12.7. The van der Waals surface area contributed by atoms with Gasteiger partial charge in [0.05, 0.1) is 17.1 Å². The molecule has 1 unspecified atom stereocenters. The minimum atomic E-state index is -2.93. The number of aromatic nitrogens is 1. The lowest BCUT2D eigenvalue weighted by molar-refractivity contribution is 0.0752. The van der Waals surface area contributed by atoms with E-state index >= 15 is 0 Å². The average molecular weight is 373 g/mol. The second kappa shape index (κ2) is 7.86. The number of nitrogens with one attached hydrogen (secondary N) is 1. The molecule has 2 aromatic rings. The van der Waals surface area contributed by atoms with Gasteiger partial charge in [0, 0.05) is 25.3 Å². The number of anilines is 1. The highest BCUT2D eigenvalue weighted by Crippen LogP contribution is 2.17. The van der Waals surface area contributed by atoms with Crippen molar-refractivity contribution in [3.63, 3.8) is 0 Å². The zero-order chi connectivity index (χ0) is 18.6. The highest BCUT2D eigenvalue weighted by atomic mass is 32.2. The Labute approximate surface area is 154 Å². The summed E-state index contributed by atoms with van der Waals surface area (Å²) in [6.07, 6.45) is 2.13. The van der Waals surface area contributed by atoms with Gasteiger partial charge in [-0.3, -0.25) is 4.79 Å². The van der Waals surface area contributed by atoms with Gasteiger partial charge in [-0.2, -0.15) is 0 Å². The summed E-state index contributed by atoms with van der Waals surface area (Å²) in [4.78, 5) is 18.8. The molecular weight excluding hydrogens is 350 g/mol. The smallest absolute Gasteiger partial charge is 0.255 e. The Balaban J connectivity index is 1.64. The molecule has 1 aromatic heterocycles. The van der Waals surface area contributed by atoms with Crippen molar-refractivity contribution in [2.24, 2.45) is 0 Å². The normalized spacial score (nSPS) is 18.4. The number of nitrogens with zero attached hydrogens (tertiary/aromatic N) is 2. The fourth-order valence-electron chi connectivity index (χ4n) is 3.04. The summed E-state index contributed by atoms with van der Waals surface area (Å²) in [5, 5.41) is 3.13. The van der Waals surface area contributed by atoms with Crippen LogP contribution in [0, 0.1) is 0 Å². The van der Waals surface area contributed by atoms with Crippen molar-refractivity contribution in [1.29, 1.82) is 0 Å². The summed E-state index contributed by atoms with van der Waals surface area (Å²) in [7, 11) is -2.93. The first-order valence-electron chi connectivity index (χ1n) is 8.73. The van der Waals surface area contributed by atoms with E-state index in [2.05, 4.69) is 10.3 Å². The fourth-order valence-corrected chi connectivity index (χ4v) is 4.71. The summed E-state index contributed by atoms with van der Waals surface area (Å²) in [5.41, 5.74) is 1.60. The van der Waals surface area contributed by atoms with Crippen LogP contribution < -0.4 is 5.32 Å². The number of sulfone groups is 1. The predicted molar refractivity (Wildman–Crippen MR) is 102 cm³/mol. The van der Waals surface area contributed by atoms with E-state index in [0.717, 1.165) is 5.56 Å². The number of rotatable bonds is 6. The van der Waals surface area contributed by atoms with Crippen molar-refractivity contribution in [3.05, 3.63) is 59.8 Å². The third-order valence-corrected chi connectivity index (χ3v) is 6.25. The molecule has 1 N–H and O–H groups in total. The first-order chi connectivity index (χ1) is 12.5. The number of benzene rings is 1. The van der Waals surface area contributed by atoms with E-state index in [-0.39, 0.29) is 23.5 Å². The van der Waals surface area contributed by atoms with Crippen LogP contribution in [-0.4, -0.2) is 48.3 Å². The van der Waals surface area contributed by atoms with Crippen LogP contribution in [0.15, 0.2) is 48.7 Å². The molecule has 0 bridgehead atoms. The lowest BCUT2D eigenvalue weighted by Crippen LogP contribution is -2.30. The minimum absolute atomic E-state index is 0.0705. The van der Waals surface area contributed by atoms with E-state index in [1.165, 1.54) is 0 Å². The van der Waals surface area contributed by atoms with Gasteiger partial charge in [0.2, 0.25) is 0 Å². The average Bonchev–Trinajstić information content (AvgIpc) is 2.99. The molecule has 0 radical (unpaired) electrons. The molecule has 26 heavy (non-hydrogen) atoms. The van der Waals surface area contributed by atoms with Crippen LogP contribution in [0.25, 0.3) is 0 Å². The fraction of sp³-hybridized carbons (Fsp3) is 0.368. The summed E-state index contributed by atoms with van der Waals surface area (Å²) in [6, 6.07) is 13.2. The van der Waals surface area contributed by atoms with Gasteiger partial charge >= 0.3 is 0 Å². The van der Waals surface area contributed by atoms with Gasteiger partial charge in [0.25, 0.3) is 5.91 Å². The quantitative estimate of drug-likeness (QED) is 0.841. The molecule has 1 aliphatic rings. The standard InChI is InChI=1S/C19H23N3O3S/c1-2-22(13-15-6-4-3-5-7-15)19(23)16-8-9-18(20-12-16)21-17-10-11-26(24,25)14-17/h3-9,12,17H,2,10-11,13-14H2,1H3,(H,20,21). The molecule has 1 fully saturated rings. The molecule has 3 rings (SSSR count). The number of hydrogen-bond acceptors (Lipinski definition) is 5. The highest BCUT2D eigenvalue weighted by Gasteiger charge is 2.27. The molecule has 0 aliphatic carbocycles. The summed E-state index contributed by atoms with van der Waals surface area (Å²) in [6.45, 7) is 3.11. The Bertz CT molecular complexity index is 851. The zero-order valence-electron chi connectivity index (χ0n) is 14.8. The van der Waals surface area contributed by atoms with E-state index in [1.807, 2.05) is 37.3 Å². The van der Waals surface area contributed by atoms with Crippen LogP contribution in [-0.2, 0) is 16.4 Å². The molecular formula is C19H23N3O3S. The van der Waals surface area contributed by atoms with E-state index in [0.29, 0.717) is 30.9 Å². The van der Waals surface area contributed by atoms with Crippen molar-refractivity contribution in [1.82, 2.24) is 9.88 Å². The summed E-state index contributed by atoms with van der Waals surface area (Å²) < 4.78 is 23.0. The Morgan fingerprint density at radius 3 is 2.58 bits per heavy atom. The second-order valence-electron chi connectivity index (χ2n) is 6.48. The Hall–Kier alpha value is -2.41. The monoisotopic (exact) mass is 373 g/mol. The van der Waals surface area contributed by atoms with Gasteiger partial charge in [-0.1, -0.05) is 30.3 Å². The Morgan fingerprint density at radius 1 is 1.23 bits per heavy atom. The van der Waals surface area contributed by atoms with Crippen LogP contribution >= 0.6 is 0 Å². The third kappa shape index (κ3) is 4.60. The molecule has 1 saturated heterocycles. The van der Waals surface area contributed by atoms with Gasteiger partial charge in [-0.25, -0.2) is 13.4 Å². The van der Waals surface area contributed by atoms with Crippen molar-refractivity contribution in [2.45, 2.75) is 25.9 Å². The molecule has 1 amide bonds. The van der Waals surface area contributed by atoms with Crippen LogP contribution in [0.2, 0.25) is 0 Å². The molecule has 6 nitrogen and oxygen atoms in total. The molecule has 138 valence electrons. The minimum Gasteiger partial charge on any atom is -0.366 e. The molecule has 0 saturated carbocycles. The largest absolute Gasteiger partial charge is 0.366 e. The van der Waals surface area contributed by atoms with E-state index in [4.69, 9.17) is 0 Å². The van der Waals surface area contributed by atoms with Crippen LogP contribution in [0.1, 0.15) is 29.3 Å². The Morgan fingerprint density at radius 2 is 2.00 bits per heavy atom. The molecule has 1 aromatic carbocycles. The van der Waals surface area contributed by atoms with E-state index in [1.54, 1.807) is 23.2 Å². The molecule has 0 spiro atoms. The number of carbonyl (C=O) groups is 1. The zero-order valence-corrected chi connectivity index (χ0v) is 15.6. The van der Waals surface area contributed by atoms with Gasteiger partial charge in [0.15, 0.2) is 9.84 Å². The predicted octanol–water partition coefficient (Wildman–Crippen LogP) is 2.34. The lowest BCUT2D eigenvalue weighted by atomic mass is 10.2. The van der Waals surface area contributed by atoms with Crippen molar-refractivity contribution in [2.75, 3.05) is 23.4 Å². The lowest BCUT2D eigenvalue weighted by Gasteiger charge is -2.21. The van der Waals surface area contributed by atoms with Crippen LogP contribution in [0.3, 0.4) is 0 Å². The number of amides is 1. The first-order valence-corrected chi connectivity index (χ1v) is 10.5. The molecule has 1 atom stereocenters. The van der Waals surface area contributed by atoms with Gasteiger partial charge in [0.1, 0.15) is 5.82 Å².